The van der Waals surface area contributed by atoms with Gasteiger partial charge in [0.05, 0.1) is 34.8 Å². The van der Waals surface area contributed by atoms with Crippen LogP contribution in [0.15, 0.2) is 79.8 Å². The minimum absolute atomic E-state index is 0.314. The number of H-pyrrole nitrogens is 2. The van der Waals surface area contributed by atoms with Gasteiger partial charge in [-0.3, -0.25) is 20.1 Å². The van der Waals surface area contributed by atoms with Crippen molar-refractivity contribution in [1.82, 2.24) is 40.1 Å². The predicted octanol–water partition coefficient (Wildman–Crippen LogP) is 5.60. The van der Waals surface area contributed by atoms with E-state index in [-0.39, 0.29) is 0 Å². The maximum atomic E-state index is 4.74. The highest BCUT2D eigenvalue weighted by Gasteiger charge is 2.17. The van der Waals surface area contributed by atoms with E-state index in [1.165, 1.54) is 0 Å². The highest BCUT2D eigenvalue weighted by molar-refractivity contribution is 5.96. The van der Waals surface area contributed by atoms with Crippen LogP contribution in [0.2, 0.25) is 0 Å². The zero-order chi connectivity index (χ0) is 24.6. The Morgan fingerprint density at radius 1 is 0.972 bits per heavy atom. The van der Waals surface area contributed by atoms with Crippen molar-refractivity contribution in [3.8, 4) is 33.9 Å². The molecular weight excluding hydrogens is 450 g/mol. The van der Waals surface area contributed by atoms with Crippen LogP contribution in [0.1, 0.15) is 13.8 Å². The van der Waals surface area contributed by atoms with Crippen LogP contribution in [0.3, 0.4) is 0 Å². The van der Waals surface area contributed by atoms with Gasteiger partial charge in [-0.2, -0.15) is 5.10 Å². The van der Waals surface area contributed by atoms with Crippen molar-refractivity contribution in [2.45, 2.75) is 13.8 Å². The Balaban J connectivity index is 1.41. The molecule has 0 unspecified atom stereocenters. The Labute approximate surface area is 206 Å². The molecular formula is C27H23N9. The second-order valence-electron chi connectivity index (χ2n) is 8.84. The van der Waals surface area contributed by atoms with Crippen molar-refractivity contribution in [1.29, 1.82) is 0 Å². The molecule has 0 fully saturated rings. The van der Waals surface area contributed by atoms with Gasteiger partial charge in [0.25, 0.3) is 0 Å². The zero-order valence-electron chi connectivity index (χ0n) is 19.8. The lowest BCUT2D eigenvalue weighted by atomic mass is 10.1. The SMILES string of the molecule is C=C(Nc1cncc(-c2cc3c(-c4nc5nccc(-c6cccnc6)c5[nH]4)n[nH]c3cn2)c1)C(C)C. The Hall–Kier alpha value is -4.92. The summed E-state index contributed by atoms with van der Waals surface area (Å²) in [5.74, 6) is 0.938. The first-order valence-electron chi connectivity index (χ1n) is 11.6. The fraction of sp³-hybridized carbons (Fsp3) is 0.111. The molecule has 176 valence electrons. The summed E-state index contributed by atoms with van der Waals surface area (Å²) in [6.07, 6.45) is 10.7. The number of pyridine rings is 4. The normalized spacial score (nSPS) is 11.4. The van der Waals surface area contributed by atoms with Gasteiger partial charge in [0.15, 0.2) is 11.5 Å². The van der Waals surface area contributed by atoms with Crippen molar-refractivity contribution in [3.05, 3.63) is 79.8 Å². The molecule has 36 heavy (non-hydrogen) atoms. The van der Waals surface area contributed by atoms with Crippen LogP contribution in [0.5, 0.6) is 0 Å². The van der Waals surface area contributed by atoms with Crippen molar-refractivity contribution in [2.24, 2.45) is 5.92 Å². The number of fused-ring (bicyclic) bond motifs is 2. The van der Waals surface area contributed by atoms with E-state index in [1.54, 1.807) is 31.0 Å². The number of imidazole rings is 1. The third-order valence-electron chi connectivity index (χ3n) is 6.07. The minimum Gasteiger partial charge on any atom is -0.358 e. The van der Waals surface area contributed by atoms with Crippen LogP contribution in [-0.2, 0) is 0 Å². The number of nitrogens with one attached hydrogen (secondary N) is 3. The molecule has 3 N–H and O–H groups in total. The Morgan fingerprint density at radius 3 is 2.69 bits per heavy atom. The number of hydrogen-bond donors (Lipinski definition) is 3. The van der Waals surface area contributed by atoms with E-state index < -0.39 is 0 Å². The summed E-state index contributed by atoms with van der Waals surface area (Å²) in [6.45, 7) is 8.27. The molecule has 0 aromatic carbocycles. The van der Waals surface area contributed by atoms with Gasteiger partial charge >= 0.3 is 0 Å². The number of allylic oxidation sites excluding steroid dienone is 1. The summed E-state index contributed by atoms with van der Waals surface area (Å²) < 4.78 is 0. The summed E-state index contributed by atoms with van der Waals surface area (Å²) in [7, 11) is 0. The maximum Gasteiger partial charge on any atom is 0.178 e. The van der Waals surface area contributed by atoms with E-state index in [0.717, 1.165) is 50.2 Å². The standard InChI is InChI=1S/C27H23N9/c1-15(2)16(3)32-19-9-18(12-29-13-19)22-10-21-23(14-31-22)35-36-25(21)27-33-24-20(6-8-30-26(24)34-27)17-5-4-7-28-11-17/h4-15,32H,3H2,1-2H3,(H,35,36)(H,30,33,34). The Bertz CT molecular complexity index is 1710. The second kappa shape index (κ2) is 8.70. The van der Waals surface area contributed by atoms with E-state index in [0.29, 0.717) is 23.1 Å². The fourth-order valence-corrected chi connectivity index (χ4v) is 4.02. The number of rotatable bonds is 6. The van der Waals surface area contributed by atoms with Crippen molar-refractivity contribution >= 4 is 27.8 Å². The molecule has 0 radical (unpaired) electrons. The molecule has 0 aliphatic heterocycles. The average Bonchev–Trinajstić information content (AvgIpc) is 3.53. The molecule has 0 aliphatic carbocycles. The van der Waals surface area contributed by atoms with Crippen LogP contribution >= 0.6 is 0 Å². The molecule has 6 aromatic heterocycles. The van der Waals surface area contributed by atoms with Crippen molar-refractivity contribution in [2.75, 3.05) is 5.32 Å². The van der Waals surface area contributed by atoms with Crippen LogP contribution in [0.4, 0.5) is 5.69 Å². The molecule has 0 aliphatic rings. The third-order valence-corrected chi connectivity index (χ3v) is 6.07. The monoisotopic (exact) mass is 473 g/mol. The second-order valence-corrected chi connectivity index (χ2v) is 8.84. The number of aromatic nitrogens is 8. The van der Waals surface area contributed by atoms with Crippen LogP contribution in [-0.4, -0.2) is 40.1 Å². The van der Waals surface area contributed by atoms with E-state index in [9.17, 15) is 0 Å². The lowest BCUT2D eigenvalue weighted by molar-refractivity contribution is 0.778. The minimum atomic E-state index is 0.314. The summed E-state index contributed by atoms with van der Waals surface area (Å²) in [6, 6.07) is 9.88. The molecule has 0 atom stereocenters. The van der Waals surface area contributed by atoms with Gasteiger partial charge in [-0.1, -0.05) is 26.5 Å². The molecule has 0 saturated carbocycles. The predicted molar refractivity (Wildman–Crippen MR) is 141 cm³/mol. The largest absolute Gasteiger partial charge is 0.358 e. The quantitative estimate of drug-likeness (QED) is 0.288. The molecule has 0 saturated heterocycles. The summed E-state index contributed by atoms with van der Waals surface area (Å²) in [4.78, 5) is 25.9. The molecule has 0 amide bonds. The lowest BCUT2D eigenvalue weighted by Crippen LogP contribution is -2.04. The Kier molecular flexibility index (Phi) is 5.22. The van der Waals surface area contributed by atoms with E-state index in [2.05, 4.69) is 60.9 Å². The molecule has 0 bridgehead atoms. The van der Waals surface area contributed by atoms with E-state index >= 15 is 0 Å². The van der Waals surface area contributed by atoms with Crippen molar-refractivity contribution < 1.29 is 0 Å². The highest BCUT2D eigenvalue weighted by atomic mass is 15.1. The average molecular weight is 474 g/mol. The lowest BCUT2D eigenvalue weighted by Gasteiger charge is -2.13. The molecule has 6 rings (SSSR count). The third kappa shape index (κ3) is 3.86. The molecule has 6 aromatic rings. The van der Waals surface area contributed by atoms with Gasteiger partial charge < -0.3 is 10.3 Å². The van der Waals surface area contributed by atoms with Gasteiger partial charge in [-0.15, -0.1) is 0 Å². The first-order valence-corrected chi connectivity index (χ1v) is 11.6. The van der Waals surface area contributed by atoms with Crippen molar-refractivity contribution in [3.63, 3.8) is 0 Å². The first kappa shape index (κ1) is 21.6. The first-order chi connectivity index (χ1) is 17.6. The highest BCUT2D eigenvalue weighted by Crippen LogP contribution is 2.32. The van der Waals surface area contributed by atoms with Gasteiger partial charge in [0.2, 0.25) is 0 Å². The fourth-order valence-electron chi connectivity index (χ4n) is 4.02. The number of anilines is 1. The maximum absolute atomic E-state index is 4.74. The topological polar surface area (TPSA) is 121 Å². The zero-order valence-corrected chi connectivity index (χ0v) is 19.8. The summed E-state index contributed by atoms with van der Waals surface area (Å²) in [5, 5.41) is 11.8. The van der Waals surface area contributed by atoms with Gasteiger partial charge in [0, 0.05) is 52.6 Å². The van der Waals surface area contributed by atoms with E-state index in [1.807, 2.05) is 36.5 Å². The molecule has 6 heterocycles. The van der Waals surface area contributed by atoms with Gasteiger partial charge in [-0.25, -0.2) is 9.97 Å². The molecule has 9 nitrogen and oxygen atoms in total. The number of nitrogens with zero attached hydrogens (tertiary/aromatic N) is 6. The number of aromatic amines is 2. The molecule has 0 spiro atoms. The van der Waals surface area contributed by atoms with Gasteiger partial charge in [-0.05, 0) is 30.2 Å². The summed E-state index contributed by atoms with van der Waals surface area (Å²) >= 11 is 0. The smallest absolute Gasteiger partial charge is 0.178 e. The van der Waals surface area contributed by atoms with Gasteiger partial charge in [0.1, 0.15) is 5.69 Å². The Morgan fingerprint density at radius 2 is 1.86 bits per heavy atom. The molecule has 9 heteroatoms. The van der Waals surface area contributed by atoms with E-state index in [4.69, 9.17) is 4.98 Å². The van der Waals surface area contributed by atoms with Crippen LogP contribution in [0.25, 0.3) is 56.0 Å². The van der Waals surface area contributed by atoms with Crippen LogP contribution in [0, 0.1) is 5.92 Å². The van der Waals surface area contributed by atoms with Crippen LogP contribution < -0.4 is 5.32 Å². The number of hydrogen-bond acceptors (Lipinski definition) is 7. The summed E-state index contributed by atoms with van der Waals surface area (Å²) in [5.41, 5.74) is 8.38.